The van der Waals surface area contributed by atoms with Gasteiger partial charge in [0.05, 0.1) is 0 Å². The molecule has 0 saturated carbocycles. The Bertz CT molecular complexity index is 635. The number of nitrogens with zero attached hydrogens (tertiary/aromatic N) is 2. The first-order chi connectivity index (χ1) is 11.0. The molecule has 0 saturated heterocycles. The van der Waals surface area contributed by atoms with Crippen LogP contribution in [0.3, 0.4) is 0 Å². The zero-order valence-electron chi connectivity index (χ0n) is 14.9. The van der Waals surface area contributed by atoms with Crippen molar-refractivity contribution in [3.8, 4) is 0 Å². The van der Waals surface area contributed by atoms with Gasteiger partial charge >= 0.3 is 0 Å². The highest BCUT2D eigenvalue weighted by molar-refractivity contribution is 5.64. The average Bonchev–Trinajstić information content (AvgIpc) is 2.49. The van der Waals surface area contributed by atoms with Crippen molar-refractivity contribution >= 4 is 17.5 Å². The Morgan fingerprint density at radius 2 is 1.87 bits per heavy atom. The maximum absolute atomic E-state index is 4.57. The Balaban J connectivity index is 2.15. The molecule has 124 valence electrons. The monoisotopic (exact) mass is 312 g/mol. The third-order valence-electron chi connectivity index (χ3n) is 3.85. The van der Waals surface area contributed by atoms with E-state index >= 15 is 0 Å². The zero-order chi connectivity index (χ0) is 16.8. The molecule has 0 aliphatic heterocycles. The lowest BCUT2D eigenvalue weighted by molar-refractivity contribution is 0.606. The standard InChI is InChI=1S/C19H28N4/c1-13(2)9-11-20-17-10-12-21-19(22-17)23-18-15(5)7-6-8-16(18)14(3)4/h6-8,10,12-14H,9,11H2,1-5H3,(H2,20,21,22,23). The average molecular weight is 312 g/mol. The second kappa shape index (κ2) is 7.95. The number of hydrogen-bond acceptors (Lipinski definition) is 4. The van der Waals surface area contributed by atoms with Gasteiger partial charge in [-0.25, -0.2) is 4.98 Å². The normalized spacial score (nSPS) is 11.1. The molecule has 4 heteroatoms. The topological polar surface area (TPSA) is 49.8 Å². The van der Waals surface area contributed by atoms with Gasteiger partial charge in [0.1, 0.15) is 5.82 Å². The molecule has 1 aromatic heterocycles. The molecule has 0 fully saturated rings. The summed E-state index contributed by atoms with van der Waals surface area (Å²) < 4.78 is 0. The molecular weight excluding hydrogens is 284 g/mol. The third-order valence-corrected chi connectivity index (χ3v) is 3.85. The SMILES string of the molecule is Cc1cccc(C(C)C)c1Nc1nccc(NCCC(C)C)n1. The fourth-order valence-electron chi connectivity index (χ4n) is 2.46. The molecular formula is C19H28N4. The summed E-state index contributed by atoms with van der Waals surface area (Å²) in [5, 5.41) is 6.76. The highest BCUT2D eigenvalue weighted by Crippen LogP contribution is 2.29. The van der Waals surface area contributed by atoms with Crippen LogP contribution in [0.25, 0.3) is 0 Å². The fourth-order valence-corrected chi connectivity index (χ4v) is 2.46. The molecule has 0 unspecified atom stereocenters. The molecule has 4 nitrogen and oxygen atoms in total. The van der Waals surface area contributed by atoms with Gasteiger partial charge < -0.3 is 10.6 Å². The van der Waals surface area contributed by atoms with Crippen molar-refractivity contribution in [2.75, 3.05) is 17.2 Å². The Morgan fingerprint density at radius 3 is 2.57 bits per heavy atom. The van der Waals surface area contributed by atoms with Gasteiger partial charge in [-0.3, -0.25) is 0 Å². The second-order valence-electron chi connectivity index (χ2n) is 6.69. The molecule has 0 bridgehead atoms. The number of anilines is 3. The number of aromatic nitrogens is 2. The van der Waals surface area contributed by atoms with Crippen molar-refractivity contribution in [2.24, 2.45) is 5.92 Å². The summed E-state index contributed by atoms with van der Waals surface area (Å²) in [4.78, 5) is 8.93. The summed E-state index contributed by atoms with van der Waals surface area (Å²) in [6.07, 6.45) is 2.92. The molecule has 2 aromatic rings. The van der Waals surface area contributed by atoms with Crippen molar-refractivity contribution in [1.82, 2.24) is 9.97 Å². The van der Waals surface area contributed by atoms with E-state index in [1.54, 1.807) is 6.20 Å². The van der Waals surface area contributed by atoms with Crippen LogP contribution in [-0.4, -0.2) is 16.5 Å². The molecule has 0 atom stereocenters. The van der Waals surface area contributed by atoms with E-state index in [2.05, 4.69) is 73.4 Å². The first-order valence-electron chi connectivity index (χ1n) is 8.40. The van der Waals surface area contributed by atoms with Crippen LogP contribution in [0, 0.1) is 12.8 Å². The van der Waals surface area contributed by atoms with Gasteiger partial charge in [0.15, 0.2) is 0 Å². The van der Waals surface area contributed by atoms with Gasteiger partial charge in [-0.1, -0.05) is 45.9 Å². The highest BCUT2D eigenvalue weighted by Gasteiger charge is 2.10. The zero-order valence-corrected chi connectivity index (χ0v) is 14.9. The van der Waals surface area contributed by atoms with Crippen LogP contribution in [0.2, 0.25) is 0 Å². The van der Waals surface area contributed by atoms with Gasteiger partial charge in [0, 0.05) is 18.4 Å². The number of hydrogen-bond donors (Lipinski definition) is 2. The lowest BCUT2D eigenvalue weighted by Gasteiger charge is -2.16. The highest BCUT2D eigenvalue weighted by atomic mass is 15.1. The summed E-state index contributed by atoms with van der Waals surface area (Å²) in [5.74, 6) is 2.63. The minimum absolute atomic E-state index is 0.449. The number of benzene rings is 1. The summed E-state index contributed by atoms with van der Waals surface area (Å²) in [5.41, 5.74) is 3.60. The quantitative estimate of drug-likeness (QED) is 0.746. The maximum Gasteiger partial charge on any atom is 0.229 e. The lowest BCUT2D eigenvalue weighted by atomic mass is 9.98. The Morgan fingerprint density at radius 1 is 1.09 bits per heavy atom. The number of rotatable bonds is 7. The van der Waals surface area contributed by atoms with Crippen LogP contribution in [-0.2, 0) is 0 Å². The predicted octanol–water partition coefficient (Wildman–Crippen LogP) is 5.11. The second-order valence-corrected chi connectivity index (χ2v) is 6.69. The van der Waals surface area contributed by atoms with E-state index in [9.17, 15) is 0 Å². The molecule has 2 N–H and O–H groups in total. The van der Waals surface area contributed by atoms with Crippen molar-refractivity contribution < 1.29 is 0 Å². The largest absolute Gasteiger partial charge is 0.370 e. The first kappa shape index (κ1) is 17.3. The lowest BCUT2D eigenvalue weighted by Crippen LogP contribution is -2.08. The first-order valence-corrected chi connectivity index (χ1v) is 8.40. The number of aryl methyl sites for hydroxylation is 1. The van der Waals surface area contributed by atoms with Crippen LogP contribution in [0.4, 0.5) is 17.5 Å². The van der Waals surface area contributed by atoms with E-state index in [4.69, 9.17) is 0 Å². The smallest absolute Gasteiger partial charge is 0.229 e. The van der Waals surface area contributed by atoms with E-state index in [0.717, 1.165) is 24.5 Å². The summed E-state index contributed by atoms with van der Waals surface area (Å²) in [7, 11) is 0. The van der Waals surface area contributed by atoms with Crippen LogP contribution >= 0.6 is 0 Å². The molecule has 0 spiro atoms. The summed E-state index contributed by atoms with van der Waals surface area (Å²) >= 11 is 0. The van der Waals surface area contributed by atoms with Crippen LogP contribution in [0.5, 0.6) is 0 Å². The predicted molar refractivity (Wildman–Crippen MR) is 98.5 cm³/mol. The van der Waals surface area contributed by atoms with Crippen LogP contribution in [0.1, 0.15) is 51.2 Å². The van der Waals surface area contributed by atoms with Crippen molar-refractivity contribution in [1.29, 1.82) is 0 Å². The van der Waals surface area contributed by atoms with Gasteiger partial charge in [-0.2, -0.15) is 4.98 Å². The Hall–Kier alpha value is -2.10. The molecule has 2 rings (SSSR count). The Labute approximate surface area is 139 Å². The fraction of sp³-hybridized carbons (Fsp3) is 0.474. The minimum atomic E-state index is 0.449. The summed E-state index contributed by atoms with van der Waals surface area (Å²) in [6, 6.07) is 8.27. The molecule has 0 amide bonds. The number of nitrogens with one attached hydrogen (secondary N) is 2. The molecule has 1 aromatic carbocycles. The third kappa shape index (κ3) is 4.95. The molecule has 0 radical (unpaired) electrons. The van der Waals surface area contributed by atoms with E-state index in [0.29, 0.717) is 17.8 Å². The molecule has 23 heavy (non-hydrogen) atoms. The van der Waals surface area contributed by atoms with E-state index < -0.39 is 0 Å². The van der Waals surface area contributed by atoms with E-state index in [-0.39, 0.29) is 0 Å². The molecule has 1 heterocycles. The Kier molecular flexibility index (Phi) is 5.97. The molecule has 0 aliphatic rings. The minimum Gasteiger partial charge on any atom is -0.370 e. The van der Waals surface area contributed by atoms with Gasteiger partial charge in [-0.15, -0.1) is 0 Å². The van der Waals surface area contributed by atoms with E-state index in [1.807, 2.05) is 6.07 Å². The van der Waals surface area contributed by atoms with Crippen LogP contribution < -0.4 is 10.6 Å². The summed E-state index contributed by atoms with van der Waals surface area (Å²) in [6.45, 7) is 11.9. The number of para-hydroxylation sites is 1. The van der Waals surface area contributed by atoms with Crippen molar-refractivity contribution in [3.05, 3.63) is 41.6 Å². The van der Waals surface area contributed by atoms with Crippen molar-refractivity contribution in [2.45, 2.75) is 47.0 Å². The van der Waals surface area contributed by atoms with Gasteiger partial charge in [0.2, 0.25) is 5.95 Å². The maximum atomic E-state index is 4.57. The van der Waals surface area contributed by atoms with Gasteiger partial charge in [0.25, 0.3) is 0 Å². The molecule has 0 aliphatic carbocycles. The van der Waals surface area contributed by atoms with Gasteiger partial charge in [-0.05, 0) is 42.4 Å². The van der Waals surface area contributed by atoms with Crippen molar-refractivity contribution in [3.63, 3.8) is 0 Å². The van der Waals surface area contributed by atoms with E-state index in [1.165, 1.54) is 11.1 Å². The van der Waals surface area contributed by atoms with Crippen LogP contribution in [0.15, 0.2) is 30.5 Å².